The molecule has 138 valence electrons. The molecule has 0 saturated carbocycles. The van der Waals surface area contributed by atoms with Gasteiger partial charge in [-0.15, -0.1) is 0 Å². The molecule has 0 fully saturated rings. The highest BCUT2D eigenvalue weighted by molar-refractivity contribution is 5.97. The van der Waals surface area contributed by atoms with Crippen molar-refractivity contribution in [2.75, 3.05) is 18.9 Å². The fourth-order valence-electron chi connectivity index (χ4n) is 2.37. The summed E-state index contributed by atoms with van der Waals surface area (Å²) in [6.45, 7) is 1.49. The van der Waals surface area contributed by atoms with Gasteiger partial charge in [0.25, 0.3) is 11.5 Å². The van der Waals surface area contributed by atoms with Crippen LogP contribution < -0.4 is 10.9 Å². The lowest BCUT2D eigenvalue weighted by Crippen LogP contribution is -2.36. The largest absolute Gasteiger partial charge is 0.360 e. The Labute approximate surface area is 154 Å². The number of carbonyl (C=O) groups excluding carboxylic acids is 2. The van der Waals surface area contributed by atoms with E-state index >= 15 is 0 Å². The lowest BCUT2D eigenvalue weighted by molar-refractivity contribution is -0.116. The summed E-state index contributed by atoms with van der Waals surface area (Å²) in [6, 6.07) is 12.9. The number of aryl methyl sites for hydroxylation is 1. The van der Waals surface area contributed by atoms with Crippen molar-refractivity contribution in [2.24, 2.45) is 0 Å². The zero-order valence-corrected chi connectivity index (χ0v) is 14.7. The molecule has 27 heavy (non-hydrogen) atoms. The van der Waals surface area contributed by atoms with Crippen LogP contribution in [0.2, 0.25) is 0 Å². The number of rotatable bonds is 5. The second kappa shape index (κ2) is 7.65. The van der Waals surface area contributed by atoms with E-state index in [-0.39, 0.29) is 23.6 Å². The van der Waals surface area contributed by atoms with E-state index in [1.807, 2.05) is 6.07 Å². The summed E-state index contributed by atoms with van der Waals surface area (Å²) in [5.74, 6) is -0.0992. The third-order valence-corrected chi connectivity index (χ3v) is 3.64. The summed E-state index contributed by atoms with van der Waals surface area (Å²) in [4.78, 5) is 37.9. The van der Waals surface area contributed by atoms with E-state index in [4.69, 9.17) is 4.52 Å². The number of hydrogen-bond acceptors (Lipinski definition) is 6. The van der Waals surface area contributed by atoms with Crippen LogP contribution in [0.1, 0.15) is 16.2 Å². The van der Waals surface area contributed by atoms with Crippen LogP contribution in [0.4, 0.5) is 5.82 Å². The minimum absolute atomic E-state index is 0.0473. The number of likely N-dealkylation sites (N-methyl/N-ethyl adjacent to an activating group) is 1. The Kier molecular flexibility index (Phi) is 5.11. The lowest BCUT2D eigenvalue weighted by atomic mass is 10.3. The lowest BCUT2D eigenvalue weighted by Gasteiger charge is -2.16. The van der Waals surface area contributed by atoms with E-state index in [0.717, 1.165) is 4.68 Å². The Bertz CT molecular complexity index is 1030. The topological polar surface area (TPSA) is 110 Å². The third kappa shape index (κ3) is 4.27. The number of carbonyl (C=O) groups is 2. The Morgan fingerprint density at radius 2 is 1.93 bits per heavy atom. The molecule has 0 aliphatic heterocycles. The number of aromatic nitrogens is 3. The van der Waals surface area contributed by atoms with Gasteiger partial charge in [0, 0.05) is 19.2 Å². The van der Waals surface area contributed by atoms with Gasteiger partial charge in [0.2, 0.25) is 5.91 Å². The second-order valence-corrected chi connectivity index (χ2v) is 5.84. The first-order valence-electron chi connectivity index (χ1n) is 8.08. The summed E-state index contributed by atoms with van der Waals surface area (Å²) in [5.41, 5.74) is 0.226. The fourth-order valence-corrected chi connectivity index (χ4v) is 2.37. The Morgan fingerprint density at radius 1 is 1.19 bits per heavy atom. The Balaban J connectivity index is 1.73. The highest BCUT2D eigenvalue weighted by Gasteiger charge is 2.18. The summed E-state index contributed by atoms with van der Waals surface area (Å²) in [6.07, 6.45) is 0. The van der Waals surface area contributed by atoms with Crippen molar-refractivity contribution in [1.82, 2.24) is 19.8 Å². The van der Waals surface area contributed by atoms with Gasteiger partial charge >= 0.3 is 0 Å². The van der Waals surface area contributed by atoms with Gasteiger partial charge in [-0.05, 0) is 25.1 Å². The molecule has 0 aliphatic carbocycles. The summed E-state index contributed by atoms with van der Waals surface area (Å²) in [7, 11) is 1.47. The maximum Gasteiger partial charge on any atom is 0.274 e. The van der Waals surface area contributed by atoms with Gasteiger partial charge in [-0.25, -0.2) is 0 Å². The molecule has 2 aromatic heterocycles. The van der Waals surface area contributed by atoms with Gasteiger partial charge in [0.05, 0.1) is 12.2 Å². The molecule has 0 radical (unpaired) electrons. The number of benzene rings is 1. The van der Waals surface area contributed by atoms with Gasteiger partial charge in [-0.2, -0.15) is 9.78 Å². The third-order valence-electron chi connectivity index (χ3n) is 3.64. The molecule has 3 rings (SSSR count). The molecule has 1 aromatic carbocycles. The van der Waals surface area contributed by atoms with Crippen molar-refractivity contribution < 1.29 is 14.1 Å². The van der Waals surface area contributed by atoms with E-state index in [0.29, 0.717) is 11.4 Å². The van der Waals surface area contributed by atoms with Crippen LogP contribution in [0.3, 0.4) is 0 Å². The van der Waals surface area contributed by atoms with Crippen LogP contribution in [0.5, 0.6) is 0 Å². The first-order chi connectivity index (χ1) is 12.9. The van der Waals surface area contributed by atoms with Gasteiger partial charge in [-0.3, -0.25) is 14.4 Å². The van der Waals surface area contributed by atoms with E-state index < -0.39 is 11.8 Å². The van der Waals surface area contributed by atoms with Gasteiger partial charge in [0.1, 0.15) is 11.5 Å². The Hall–Kier alpha value is -3.75. The van der Waals surface area contributed by atoms with Crippen molar-refractivity contribution in [3.05, 3.63) is 70.3 Å². The molecule has 0 bridgehead atoms. The molecule has 0 aliphatic rings. The predicted molar refractivity (Wildman–Crippen MR) is 96.7 cm³/mol. The standard InChI is InChI=1S/C18H17N5O4/c1-12-10-15(21-27-12)19-16(24)11-22(2)18(26)14-8-9-17(25)23(20-14)13-6-4-3-5-7-13/h3-10H,11H2,1-2H3,(H,19,21,24). The molecule has 0 saturated heterocycles. The summed E-state index contributed by atoms with van der Waals surface area (Å²) in [5, 5.41) is 10.3. The van der Waals surface area contributed by atoms with Crippen LogP contribution >= 0.6 is 0 Å². The van der Waals surface area contributed by atoms with Crippen LogP contribution in [-0.4, -0.2) is 45.2 Å². The highest BCUT2D eigenvalue weighted by Crippen LogP contribution is 2.08. The van der Waals surface area contributed by atoms with Crippen molar-refractivity contribution >= 4 is 17.6 Å². The van der Waals surface area contributed by atoms with Crippen molar-refractivity contribution in [3.63, 3.8) is 0 Å². The number of anilines is 1. The Morgan fingerprint density at radius 3 is 2.59 bits per heavy atom. The normalized spacial score (nSPS) is 10.4. The van der Waals surface area contributed by atoms with Crippen molar-refractivity contribution in [2.45, 2.75) is 6.92 Å². The molecular weight excluding hydrogens is 350 g/mol. The molecule has 0 atom stereocenters. The molecule has 1 N–H and O–H groups in total. The van der Waals surface area contributed by atoms with E-state index in [2.05, 4.69) is 15.6 Å². The molecule has 0 unspecified atom stereocenters. The van der Waals surface area contributed by atoms with Gasteiger partial charge < -0.3 is 14.7 Å². The van der Waals surface area contributed by atoms with Crippen molar-refractivity contribution in [3.8, 4) is 5.69 Å². The van der Waals surface area contributed by atoms with E-state index in [1.165, 1.54) is 24.1 Å². The average molecular weight is 367 g/mol. The molecule has 3 aromatic rings. The second-order valence-electron chi connectivity index (χ2n) is 5.84. The van der Waals surface area contributed by atoms with Crippen LogP contribution in [0, 0.1) is 6.92 Å². The first-order valence-corrected chi connectivity index (χ1v) is 8.08. The molecule has 2 amide bonds. The summed E-state index contributed by atoms with van der Waals surface area (Å²) < 4.78 is 6.00. The minimum Gasteiger partial charge on any atom is -0.360 e. The number of hydrogen-bond donors (Lipinski definition) is 1. The maximum absolute atomic E-state index is 12.6. The molecular formula is C18H17N5O4. The highest BCUT2D eigenvalue weighted by atomic mass is 16.5. The smallest absolute Gasteiger partial charge is 0.274 e. The number of nitrogens with one attached hydrogen (secondary N) is 1. The summed E-state index contributed by atoms with van der Waals surface area (Å²) >= 11 is 0. The quantitative estimate of drug-likeness (QED) is 0.726. The number of para-hydroxylation sites is 1. The minimum atomic E-state index is -0.494. The SMILES string of the molecule is Cc1cc(NC(=O)CN(C)C(=O)c2ccc(=O)n(-c3ccccc3)n2)no1. The van der Waals surface area contributed by atoms with Gasteiger partial charge in [0.15, 0.2) is 5.82 Å². The first kappa shape index (κ1) is 18.1. The molecule has 2 heterocycles. The van der Waals surface area contributed by atoms with Crippen LogP contribution in [0.15, 0.2) is 57.8 Å². The fraction of sp³-hybridized carbons (Fsp3) is 0.167. The van der Waals surface area contributed by atoms with Crippen LogP contribution in [0.25, 0.3) is 5.69 Å². The maximum atomic E-state index is 12.6. The van der Waals surface area contributed by atoms with E-state index in [9.17, 15) is 14.4 Å². The zero-order valence-electron chi connectivity index (χ0n) is 14.7. The van der Waals surface area contributed by atoms with E-state index in [1.54, 1.807) is 37.3 Å². The molecule has 9 nitrogen and oxygen atoms in total. The average Bonchev–Trinajstić information content (AvgIpc) is 3.06. The number of amides is 2. The molecule has 9 heteroatoms. The molecule has 0 spiro atoms. The van der Waals surface area contributed by atoms with Gasteiger partial charge in [-0.1, -0.05) is 23.4 Å². The van der Waals surface area contributed by atoms with Crippen LogP contribution in [-0.2, 0) is 4.79 Å². The predicted octanol–water partition coefficient (Wildman–Crippen LogP) is 1.24. The number of nitrogens with zero attached hydrogens (tertiary/aromatic N) is 4. The zero-order chi connectivity index (χ0) is 19.4. The van der Waals surface area contributed by atoms with Crippen molar-refractivity contribution in [1.29, 1.82) is 0 Å². The monoisotopic (exact) mass is 367 g/mol.